The SMILES string of the molecule is CCC1CCC(C)N1C(=O)N(CC)CC(=O)O. The van der Waals surface area contributed by atoms with E-state index in [0.717, 1.165) is 19.3 Å². The van der Waals surface area contributed by atoms with Gasteiger partial charge in [0.1, 0.15) is 6.54 Å². The molecule has 1 N–H and O–H groups in total. The molecule has 0 aliphatic carbocycles. The van der Waals surface area contributed by atoms with Gasteiger partial charge in [0.15, 0.2) is 0 Å². The first-order valence-electron chi connectivity index (χ1n) is 6.30. The molecule has 0 spiro atoms. The highest BCUT2D eigenvalue weighted by molar-refractivity contribution is 5.80. The van der Waals surface area contributed by atoms with Crippen molar-refractivity contribution in [1.29, 1.82) is 0 Å². The third-order valence-corrected chi connectivity index (χ3v) is 3.46. The van der Waals surface area contributed by atoms with Crippen LogP contribution in [-0.2, 0) is 4.79 Å². The number of carboxylic acid groups (broad SMARTS) is 1. The molecule has 1 rings (SSSR count). The number of amides is 2. The number of carbonyl (C=O) groups excluding carboxylic acids is 1. The van der Waals surface area contributed by atoms with E-state index >= 15 is 0 Å². The van der Waals surface area contributed by atoms with E-state index in [-0.39, 0.29) is 24.7 Å². The third-order valence-electron chi connectivity index (χ3n) is 3.46. The summed E-state index contributed by atoms with van der Waals surface area (Å²) in [4.78, 5) is 26.2. The second-order valence-electron chi connectivity index (χ2n) is 4.59. The first-order valence-corrected chi connectivity index (χ1v) is 6.30. The van der Waals surface area contributed by atoms with E-state index in [1.54, 1.807) is 0 Å². The molecule has 5 nitrogen and oxygen atoms in total. The molecule has 17 heavy (non-hydrogen) atoms. The highest BCUT2D eigenvalue weighted by Crippen LogP contribution is 2.27. The van der Waals surface area contributed by atoms with Crippen LogP contribution >= 0.6 is 0 Å². The standard InChI is InChI=1S/C12H22N2O3/c1-4-10-7-6-9(3)14(10)12(17)13(5-2)8-11(15)16/h9-10H,4-8H2,1-3H3,(H,15,16). The Morgan fingerprint density at radius 3 is 2.47 bits per heavy atom. The molecule has 5 heteroatoms. The van der Waals surface area contributed by atoms with Crippen LogP contribution in [0.3, 0.4) is 0 Å². The maximum atomic E-state index is 12.3. The van der Waals surface area contributed by atoms with Crippen LogP contribution in [0, 0.1) is 0 Å². The Kier molecular flexibility index (Phi) is 4.78. The lowest BCUT2D eigenvalue weighted by atomic mass is 10.2. The van der Waals surface area contributed by atoms with Gasteiger partial charge >= 0.3 is 12.0 Å². The Hall–Kier alpha value is -1.26. The zero-order valence-electron chi connectivity index (χ0n) is 10.8. The summed E-state index contributed by atoms with van der Waals surface area (Å²) < 4.78 is 0. The summed E-state index contributed by atoms with van der Waals surface area (Å²) in [5, 5.41) is 8.78. The Labute approximate surface area is 102 Å². The van der Waals surface area contributed by atoms with Gasteiger partial charge in [-0.2, -0.15) is 0 Å². The van der Waals surface area contributed by atoms with Crippen LogP contribution in [-0.4, -0.2) is 52.1 Å². The van der Waals surface area contributed by atoms with Crippen molar-refractivity contribution in [1.82, 2.24) is 9.80 Å². The Morgan fingerprint density at radius 2 is 2.00 bits per heavy atom. The van der Waals surface area contributed by atoms with Gasteiger partial charge in [-0.25, -0.2) is 4.79 Å². The van der Waals surface area contributed by atoms with Crippen molar-refractivity contribution in [2.45, 2.75) is 52.1 Å². The van der Waals surface area contributed by atoms with Crippen molar-refractivity contribution in [3.05, 3.63) is 0 Å². The van der Waals surface area contributed by atoms with E-state index in [9.17, 15) is 9.59 Å². The van der Waals surface area contributed by atoms with Crippen molar-refractivity contribution in [3.8, 4) is 0 Å². The Bertz CT molecular complexity index is 293. The van der Waals surface area contributed by atoms with Crippen LogP contribution in [0.25, 0.3) is 0 Å². The monoisotopic (exact) mass is 242 g/mol. The molecule has 0 radical (unpaired) electrons. The van der Waals surface area contributed by atoms with Crippen LogP contribution in [0.5, 0.6) is 0 Å². The fourth-order valence-electron chi connectivity index (χ4n) is 2.46. The number of rotatable bonds is 4. The summed E-state index contributed by atoms with van der Waals surface area (Å²) in [6.45, 7) is 6.13. The van der Waals surface area contributed by atoms with Crippen molar-refractivity contribution < 1.29 is 14.7 Å². The highest BCUT2D eigenvalue weighted by atomic mass is 16.4. The smallest absolute Gasteiger partial charge is 0.323 e. The average Bonchev–Trinajstić information content (AvgIpc) is 2.66. The predicted molar refractivity (Wildman–Crippen MR) is 64.9 cm³/mol. The first kappa shape index (κ1) is 13.8. The molecule has 1 fully saturated rings. The van der Waals surface area contributed by atoms with E-state index in [4.69, 9.17) is 5.11 Å². The second kappa shape index (κ2) is 5.89. The topological polar surface area (TPSA) is 60.9 Å². The van der Waals surface area contributed by atoms with Gasteiger partial charge in [0, 0.05) is 18.6 Å². The molecule has 0 aromatic heterocycles. The van der Waals surface area contributed by atoms with Crippen LogP contribution in [0.1, 0.15) is 40.0 Å². The van der Waals surface area contributed by atoms with Crippen LogP contribution in [0.15, 0.2) is 0 Å². The van der Waals surface area contributed by atoms with Crippen molar-refractivity contribution in [2.75, 3.05) is 13.1 Å². The van der Waals surface area contributed by atoms with Crippen molar-refractivity contribution in [3.63, 3.8) is 0 Å². The molecule has 98 valence electrons. The number of aliphatic carboxylic acids is 1. The van der Waals surface area contributed by atoms with Crippen molar-refractivity contribution in [2.24, 2.45) is 0 Å². The quantitative estimate of drug-likeness (QED) is 0.817. The second-order valence-corrected chi connectivity index (χ2v) is 4.59. The van der Waals surface area contributed by atoms with Gasteiger partial charge in [0.05, 0.1) is 0 Å². The highest BCUT2D eigenvalue weighted by Gasteiger charge is 2.35. The molecule has 1 aliphatic heterocycles. The van der Waals surface area contributed by atoms with Gasteiger partial charge in [-0.1, -0.05) is 6.92 Å². The summed E-state index contributed by atoms with van der Waals surface area (Å²) in [6, 6.07) is 0.349. The zero-order chi connectivity index (χ0) is 13.0. The van der Waals surface area contributed by atoms with Gasteiger partial charge in [0.25, 0.3) is 0 Å². The summed E-state index contributed by atoms with van der Waals surface area (Å²) in [7, 11) is 0. The molecule has 1 aliphatic rings. The maximum absolute atomic E-state index is 12.3. The molecule has 0 aromatic carbocycles. The van der Waals surface area contributed by atoms with Gasteiger partial charge in [-0.3, -0.25) is 4.79 Å². The van der Waals surface area contributed by atoms with E-state index in [1.165, 1.54) is 4.90 Å². The van der Waals surface area contributed by atoms with Gasteiger partial charge in [-0.15, -0.1) is 0 Å². The minimum Gasteiger partial charge on any atom is -0.480 e. The molecule has 2 atom stereocenters. The first-order chi connectivity index (χ1) is 8.01. The number of likely N-dealkylation sites (tertiary alicyclic amines) is 1. The summed E-state index contributed by atoms with van der Waals surface area (Å²) in [5.74, 6) is -0.958. The lowest BCUT2D eigenvalue weighted by molar-refractivity contribution is -0.137. The molecule has 0 saturated carbocycles. The number of likely N-dealkylation sites (N-methyl/N-ethyl adjacent to an activating group) is 1. The molecular weight excluding hydrogens is 220 g/mol. The van der Waals surface area contributed by atoms with Crippen LogP contribution in [0.2, 0.25) is 0 Å². The van der Waals surface area contributed by atoms with E-state index in [1.807, 2.05) is 18.7 Å². The molecule has 0 aromatic rings. The number of hydrogen-bond acceptors (Lipinski definition) is 2. The molecular formula is C12H22N2O3. The number of carboxylic acids is 1. The van der Waals surface area contributed by atoms with E-state index in [0.29, 0.717) is 6.54 Å². The summed E-state index contributed by atoms with van der Waals surface area (Å²) in [6.07, 6.45) is 2.96. The normalized spacial score (nSPS) is 23.8. The van der Waals surface area contributed by atoms with Gasteiger partial charge < -0.3 is 14.9 Å². The minimum absolute atomic E-state index is 0.133. The fourth-order valence-corrected chi connectivity index (χ4v) is 2.46. The molecule has 1 saturated heterocycles. The summed E-state index contributed by atoms with van der Waals surface area (Å²) in [5.41, 5.74) is 0. The van der Waals surface area contributed by atoms with Crippen LogP contribution < -0.4 is 0 Å². The molecule has 0 bridgehead atoms. The van der Waals surface area contributed by atoms with Crippen LogP contribution in [0.4, 0.5) is 4.79 Å². The lowest BCUT2D eigenvalue weighted by Crippen LogP contribution is -2.49. The number of nitrogens with zero attached hydrogens (tertiary/aromatic N) is 2. The zero-order valence-corrected chi connectivity index (χ0v) is 10.8. The molecule has 1 heterocycles. The Morgan fingerprint density at radius 1 is 1.35 bits per heavy atom. The fraction of sp³-hybridized carbons (Fsp3) is 0.833. The van der Waals surface area contributed by atoms with E-state index < -0.39 is 5.97 Å². The minimum atomic E-state index is -0.958. The van der Waals surface area contributed by atoms with E-state index in [2.05, 4.69) is 6.92 Å². The molecule has 2 amide bonds. The maximum Gasteiger partial charge on any atom is 0.323 e. The average molecular weight is 242 g/mol. The summed E-state index contributed by atoms with van der Waals surface area (Å²) >= 11 is 0. The number of urea groups is 1. The third kappa shape index (κ3) is 3.11. The largest absolute Gasteiger partial charge is 0.480 e. The van der Waals surface area contributed by atoms with Gasteiger partial charge in [-0.05, 0) is 33.1 Å². The lowest BCUT2D eigenvalue weighted by Gasteiger charge is -2.33. The Balaban J connectivity index is 2.74. The van der Waals surface area contributed by atoms with Crippen molar-refractivity contribution >= 4 is 12.0 Å². The number of carbonyl (C=O) groups is 2. The van der Waals surface area contributed by atoms with Gasteiger partial charge in [0.2, 0.25) is 0 Å². The predicted octanol–water partition coefficient (Wildman–Crippen LogP) is 1.78. The molecule has 2 unspecified atom stereocenters. The number of hydrogen-bond donors (Lipinski definition) is 1.